The lowest BCUT2D eigenvalue weighted by Crippen LogP contribution is -2.37. The number of benzene rings is 1. The van der Waals surface area contributed by atoms with Gasteiger partial charge in [-0.15, -0.1) is 12.4 Å². The predicted octanol–water partition coefficient (Wildman–Crippen LogP) is 2.98. The molecule has 1 aliphatic heterocycles. The molecular formula is C18H29ClN2O2. The van der Waals surface area contributed by atoms with Gasteiger partial charge >= 0.3 is 0 Å². The topological polar surface area (TPSA) is 55.6 Å². The van der Waals surface area contributed by atoms with Crippen molar-refractivity contribution in [3.63, 3.8) is 0 Å². The van der Waals surface area contributed by atoms with Gasteiger partial charge in [0.1, 0.15) is 5.75 Å². The van der Waals surface area contributed by atoms with Crippen molar-refractivity contribution in [2.45, 2.75) is 45.6 Å². The van der Waals surface area contributed by atoms with Gasteiger partial charge in [0.05, 0.1) is 0 Å². The van der Waals surface area contributed by atoms with E-state index in [1.807, 2.05) is 17.0 Å². The van der Waals surface area contributed by atoms with E-state index in [1.54, 1.807) is 0 Å². The van der Waals surface area contributed by atoms with E-state index in [-0.39, 0.29) is 36.4 Å². The molecule has 0 saturated carbocycles. The molecular weight excluding hydrogens is 312 g/mol. The van der Waals surface area contributed by atoms with Crippen molar-refractivity contribution in [1.82, 2.24) is 4.90 Å². The third-order valence-corrected chi connectivity index (χ3v) is 4.40. The highest BCUT2D eigenvalue weighted by Crippen LogP contribution is 2.25. The smallest absolute Gasteiger partial charge is 0.260 e. The van der Waals surface area contributed by atoms with Gasteiger partial charge in [0.25, 0.3) is 5.91 Å². The van der Waals surface area contributed by atoms with E-state index in [2.05, 4.69) is 39.8 Å². The minimum Gasteiger partial charge on any atom is -0.484 e. The van der Waals surface area contributed by atoms with Crippen molar-refractivity contribution < 1.29 is 9.53 Å². The summed E-state index contributed by atoms with van der Waals surface area (Å²) < 4.78 is 5.64. The lowest BCUT2D eigenvalue weighted by molar-refractivity contribution is -0.134. The second kappa shape index (κ2) is 8.02. The van der Waals surface area contributed by atoms with Crippen molar-refractivity contribution in [3.05, 3.63) is 29.8 Å². The van der Waals surface area contributed by atoms with E-state index in [0.29, 0.717) is 12.5 Å². The molecule has 2 atom stereocenters. The molecule has 4 nitrogen and oxygen atoms in total. The number of hydrogen-bond donors (Lipinski definition) is 1. The molecule has 1 saturated heterocycles. The van der Waals surface area contributed by atoms with Gasteiger partial charge in [-0.05, 0) is 48.9 Å². The minimum absolute atomic E-state index is 0. The van der Waals surface area contributed by atoms with Gasteiger partial charge in [0.15, 0.2) is 6.61 Å². The van der Waals surface area contributed by atoms with Crippen LogP contribution in [0.15, 0.2) is 24.3 Å². The molecule has 0 spiro atoms. The number of rotatable bonds is 4. The summed E-state index contributed by atoms with van der Waals surface area (Å²) in [6, 6.07) is 8.24. The molecule has 0 aliphatic carbocycles. The average Bonchev–Trinajstić information content (AvgIpc) is 2.85. The van der Waals surface area contributed by atoms with Gasteiger partial charge in [-0.25, -0.2) is 0 Å². The Bertz CT molecular complexity index is 511. The van der Waals surface area contributed by atoms with E-state index in [0.717, 1.165) is 18.7 Å². The standard InChI is InChI=1S/C18H28N2O2.ClH/c1-13-9-14(10-19)11-20(13)17(21)12-22-16-7-5-15(6-8-16)18(2,3)4;/h5-8,13-14H,9-12,19H2,1-4H3;1H. The van der Waals surface area contributed by atoms with E-state index >= 15 is 0 Å². The Morgan fingerprint density at radius 2 is 1.91 bits per heavy atom. The summed E-state index contributed by atoms with van der Waals surface area (Å²) in [6.07, 6.45) is 0.989. The first-order valence-corrected chi connectivity index (χ1v) is 8.04. The first kappa shape index (κ1) is 19.8. The zero-order valence-electron chi connectivity index (χ0n) is 14.5. The summed E-state index contributed by atoms with van der Waals surface area (Å²) in [5.74, 6) is 1.21. The molecule has 1 aromatic carbocycles. The Hall–Kier alpha value is -1.26. The molecule has 5 heteroatoms. The number of nitrogens with two attached hydrogens (primary N) is 1. The van der Waals surface area contributed by atoms with Crippen LogP contribution in [0.4, 0.5) is 0 Å². The van der Waals surface area contributed by atoms with Crippen LogP contribution in [0.3, 0.4) is 0 Å². The summed E-state index contributed by atoms with van der Waals surface area (Å²) in [7, 11) is 0. The number of amides is 1. The molecule has 1 aromatic rings. The summed E-state index contributed by atoms with van der Waals surface area (Å²) >= 11 is 0. The van der Waals surface area contributed by atoms with Gasteiger partial charge in [-0.2, -0.15) is 0 Å². The highest BCUT2D eigenvalue weighted by atomic mass is 35.5. The number of nitrogens with zero attached hydrogens (tertiary/aromatic N) is 1. The summed E-state index contributed by atoms with van der Waals surface area (Å²) in [4.78, 5) is 14.2. The Balaban J connectivity index is 0.00000264. The summed E-state index contributed by atoms with van der Waals surface area (Å²) in [5.41, 5.74) is 7.08. The zero-order chi connectivity index (χ0) is 16.3. The first-order chi connectivity index (χ1) is 10.3. The largest absolute Gasteiger partial charge is 0.484 e. The highest BCUT2D eigenvalue weighted by molar-refractivity contribution is 5.85. The molecule has 130 valence electrons. The Labute approximate surface area is 145 Å². The van der Waals surface area contributed by atoms with Crippen LogP contribution in [0.1, 0.15) is 39.7 Å². The van der Waals surface area contributed by atoms with Gasteiger partial charge in [-0.1, -0.05) is 32.9 Å². The molecule has 2 rings (SSSR count). The fourth-order valence-electron chi connectivity index (χ4n) is 2.94. The quantitative estimate of drug-likeness (QED) is 0.916. The van der Waals surface area contributed by atoms with Crippen molar-refractivity contribution in [2.24, 2.45) is 11.7 Å². The molecule has 2 N–H and O–H groups in total. The van der Waals surface area contributed by atoms with Crippen molar-refractivity contribution in [1.29, 1.82) is 0 Å². The molecule has 0 aromatic heterocycles. The fraction of sp³-hybridized carbons (Fsp3) is 0.611. The number of hydrogen-bond acceptors (Lipinski definition) is 3. The predicted molar refractivity (Wildman–Crippen MR) is 96.2 cm³/mol. The monoisotopic (exact) mass is 340 g/mol. The van der Waals surface area contributed by atoms with E-state index in [4.69, 9.17) is 10.5 Å². The second-order valence-corrected chi connectivity index (χ2v) is 7.30. The van der Waals surface area contributed by atoms with E-state index < -0.39 is 0 Å². The van der Waals surface area contributed by atoms with Crippen LogP contribution < -0.4 is 10.5 Å². The average molecular weight is 341 g/mol. The number of halogens is 1. The number of carbonyl (C=O) groups excluding carboxylic acids is 1. The highest BCUT2D eigenvalue weighted by Gasteiger charge is 2.31. The van der Waals surface area contributed by atoms with Gasteiger partial charge in [-0.3, -0.25) is 4.79 Å². The molecule has 23 heavy (non-hydrogen) atoms. The van der Waals surface area contributed by atoms with Crippen LogP contribution in [0, 0.1) is 5.92 Å². The summed E-state index contributed by atoms with van der Waals surface area (Å²) in [5, 5.41) is 0. The first-order valence-electron chi connectivity index (χ1n) is 8.04. The molecule has 1 amide bonds. The Morgan fingerprint density at radius 1 is 1.30 bits per heavy atom. The van der Waals surface area contributed by atoms with Crippen LogP contribution in [0.5, 0.6) is 5.75 Å². The zero-order valence-corrected chi connectivity index (χ0v) is 15.4. The Morgan fingerprint density at radius 3 is 2.39 bits per heavy atom. The Kier molecular flexibility index (Phi) is 6.90. The van der Waals surface area contributed by atoms with Gasteiger partial charge in [0.2, 0.25) is 0 Å². The molecule has 0 radical (unpaired) electrons. The fourth-order valence-corrected chi connectivity index (χ4v) is 2.94. The molecule has 1 heterocycles. The van der Waals surface area contributed by atoms with Gasteiger partial charge < -0.3 is 15.4 Å². The SMILES string of the molecule is CC1CC(CN)CN1C(=O)COc1ccc(C(C)(C)C)cc1.Cl. The molecule has 0 bridgehead atoms. The van der Waals surface area contributed by atoms with Crippen LogP contribution >= 0.6 is 12.4 Å². The van der Waals surface area contributed by atoms with Crippen LogP contribution in [0.2, 0.25) is 0 Å². The third kappa shape index (κ3) is 5.11. The van der Waals surface area contributed by atoms with Gasteiger partial charge in [0, 0.05) is 12.6 Å². The van der Waals surface area contributed by atoms with Crippen molar-refractivity contribution in [2.75, 3.05) is 19.7 Å². The number of ether oxygens (including phenoxy) is 1. The summed E-state index contributed by atoms with van der Waals surface area (Å²) in [6.45, 7) is 10.1. The third-order valence-electron chi connectivity index (χ3n) is 4.40. The minimum atomic E-state index is 0. The maximum atomic E-state index is 12.3. The lowest BCUT2D eigenvalue weighted by Gasteiger charge is -2.22. The van der Waals surface area contributed by atoms with Crippen LogP contribution in [-0.4, -0.2) is 36.5 Å². The molecule has 1 fully saturated rings. The van der Waals surface area contributed by atoms with Crippen molar-refractivity contribution >= 4 is 18.3 Å². The lowest BCUT2D eigenvalue weighted by atomic mass is 9.87. The van der Waals surface area contributed by atoms with Crippen molar-refractivity contribution in [3.8, 4) is 5.75 Å². The molecule has 1 aliphatic rings. The van der Waals surface area contributed by atoms with Crippen LogP contribution in [-0.2, 0) is 10.2 Å². The maximum Gasteiger partial charge on any atom is 0.260 e. The molecule has 2 unspecified atom stereocenters. The number of carbonyl (C=O) groups is 1. The van der Waals surface area contributed by atoms with E-state index in [9.17, 15) is 4.79 Å². The number of likely N-dealkylation sites (tertiary alicyclic amines) is 1. The van der Waals surface area contributed by atoms with E-state index in [1.165, 1.54) is 5.56 Å². The van der Waals surface area contributed by atoms with Crippen LogP contribution in [0.25, 0.3) is 0 Å². The second-order valence-electron chi connectivity index (χ2n) is 7.30. The maximum absolute atomic E-state index is 12.3. The normalized spacial score (nSPS) is 21.0.